The van der Waals surface area contributed by atoms with Gasteiger partial charge >= 0.3 is 5.97 Å². The molecule has 1 unspecified atom stereocenters. The van der Waals surface area contributed by atoms with Crippen molar-refractivity contribution < 1.29 is 18.7 Å². The van der Waals surface area contributed by atoms with E-state index in [1.165, 1.54) is 0 Å². The number of esters is 1. The third kappa shape index (κ3) is 4.93. The van der Waals surface area contributed by atoms with E-state index in [2.05, 4.69) is 5.32 Å². The highest BCUT2D eigenvalue weighted by Gasteiger charge is 2.13. The van der Waals surface area contributed by atoms with Crippen LogP contribution in [-0.4, -0.2) is 18.6 Å². The van der Waals surface area contributed by atoms with E-state index >= 15 is 0 Å². The Bertz CT molecular complexity index is 580. The maximum Gasteiger partial charge on any atom is 0.328 e. The summed E-state index contributed by atoms with van der Waals surface area (Å²) in [5.74, 6) is 0.534. The average Bonchev–Trinajstić information content (AvgIpc) is 3.01. The molecule has 0 spiro atoms. The normalized spacial score (nSPS) is 11.9. The Morgan fingerprint density at radius 2 is 2.14 bits per heavy atom. The van der Waals surface area contributed by atoms with Crippen LogP contribution in [0, 0.1) is 0 Å². The second-order valence-corrected chi connectivity index (χ2v) is 4.89. The number of furan rings is 1. The van der Waals surface area contributed by atoms with Gasteiger partial charge in [0.25, 0.3) is 0 Å². The van der Waals surface area contributed by atoms with Gasteiger partial charge in [0, 0.05) is 5.69 Å². The summed E-state index contributed by atoms with van der Waals surface area (Å²) in [7, 11) is 0. The Labute approximate surface area is 130 Å². The number of rotatable bonds is 8. The highest BCUT2D eigenvalue weighted by Crippen LogP contribution is 2.14. The summed E-state index contributed by atoms with van der Waals surface area (Å²) < 4.78 is 15.8. The summed E-state index contributed by atoms with van der Waals surface area (Å²) in [5, 5.41) is 3.12. The predicted molar refractivity (Wildman–Crippen MR) is 83.4 cm³/mol. The van der Waals surface area contributed by atoms with Gasteiger partial charge in [-0.05, 0) is 43.7 Å². The van der Waals surface area contributed by atoms with Gasteiger partial charge in [0.05, 0.1) is 19.5 Å². The Hall–Kier alpha value is -2.27. The van der Waals surface area contributed by atoms with Gasteiger partial charge in [-0.3, -0.25) is 0 Å². The molecule has 5 nitrogen and oxygen atoms in total. The molecular formula is C17H21NO4. The minimum absolute atomic E-state index is 0.262. The van der Waals surface area contributed by atoms with Crippen LogP contribution in [0.3, 0.4) is 0 Å². The monoisotopic (exact) mass is 303 g/mol. The first kappa shape index (κ1) is 16.1. The summed E-state index contributed by atoms with van der Waals surface area (Å²) in [6.45, 7) is 4.86. The summed E-state index contributed by atoms with van der Waals surface area (Å²) in [4.78, 5) is 11.6. The zero-order valence-electron chi connectivity index (χ0n) is 12.9. The second kappa shape index (κ2) is 8.24. The maximum absolute atomic E-state index is 11.6. The topological polar surface area (TPSA) is 60.7 Å². The van der Waals surface area contributed by atoms with Crippen LogP contribution >= 0.6 is 0 Å². The minimum Gasteiger partial charge on any atom is -0.467 e. The number of hydrogen-bond donors (Lipinski definition) is 1. The molecule has 0 radical (unpaired) electrons. The van der Waals surface area contributed by atoms with E-state index in [-0.39, 0.29) is 12.0 Å². The minimum atomic E-state index is -0.390. The molecule has 1 aromatic heterocycles. The molecular weight excluding hydrogens is 282 g/mol. The van der Waals surface area contributed by atoms with Crippen molar-refractivity contribution in [3.8, 4) is 0 Å². The third-order valence-electron chi connectivity index (χ3n) is 3.04. The van der Waals surface area contributed by atoms with Gasteiger partial charge < -0.3 is 19.2 Å². The van der Waals surface area contributed by atoms with Crippen LogP contribution in [0.25, 0.3) is 0 Å². The number of hydrogen-bond acceptors (Lipinski definition) is 5. The number of carbonyl (C=O) groups is 1. The number of nitrogens with one attached hydrogen (secondary N) is 1. The quantitative estimate of drug-likeness (QED) is 0.758. The van der Waals surface area contributed by atoms with E-state index < -0.39 is 0 Å². The van der Waals surface area contributed by atoms with Crippen molar-refractivity contribution in [3.63, 3.8) is 0 Å². The van der Waals surface area contributed by atoms with Gasteiger partial charge in [0.15, 0.2) is 0 Å². The van der Waals surface area contributed by atoms with Gasteiger partial charge in [-0.1, -0.05) is 12.1 Å². The largest absolute Gasteiger partial charge is 0.467 e. The Kier molecular flexibility index (Phi) is 6.03. The van der Waals surface area contributed by atoms with Crippen LogP contribution in [-0.2, 0) is 27.5 Å². The number of benzene rings is 1. The molecule has 1 aromatic carbocycles. The van der Waals surface area contributed by atoms with Gasteiger partial charge in [0.1, 0.15) is 18.4 Å². The fourth-order valence-electron chi connectivity index (χ4n) is 1.99. The molecule has 1 atom stereocenters. The summed E-state index contributed by atoms with van der Waals surface area (Å²) in [5.41, 5.74) is 1.88. The number of anilines is 1. The zero-order valence-corrected chi connectivity index (χ0v) is 12.9. The number of carbonyl (C=O) groups excluding carboxylic acids is 1. The van der Waals surface area contributed by atoms with E-state index in [9.17, 15) is 4.79 Å². The summed E-state index contributed by atoms with van der Waals surface area (Å²) in [6, 6.07) is 11.1. The average molecular weight is 303 g/mol. The number of ether oxygens (including phenoxy) is 2. The molecule has 0 saturated carbocycles. The third-order valence-corrected chi connectivity index (χ3v) is 3.04. The Morgan fingerprint density at radius 1 is 1.27 bits per heavy atom. The molecule has 0 amide bonds. The van der Waals surface area contributed by atoms with E-state index in [4.69, 9.17) is 13.9 Å². The van der Waals surface area contributed by atoms with Crippen molar-refractivity contribution in [2.24, 2.45) is 0 Å². The SMILES string of the molecule is CCOC(=O)C(C)Nc1cccc(COCc2ccco2)c1. The van der Waals surface area contributed by atoms with Crippen molar-refractivity contribution in [3.05, 3.63) is 54.0 Å². The predicted octanol–water partition coefficient (Wildman–Crippen LogP) is 3.36. The standard InChI is InChI=1S/C17H21NO4/c1-3-21-17(19)13(2)18-15-7-4-6-14(10-15)11-20-12-16-8-5-9-22-16/h4-10,13,18H,3,11-12H2,1-2H3. The van der Waals surface area contributed by atoms with Crippen LogP contribution in [0.5, 0.6) is 0 Å². The molecule has 0 bridgehead atoms. The van der Waals surface area contributed by atoms with E-state index in [1.54, 1.807) is 20.1 Å². The molecule has 0 aliphatic rings. The van der Waals surface area contributed by atoms with Crippen LogP contribution in [0.15, 0.2) is 47.1 Å². The lowest BCUT2D eigenvalue weighted by Gasteiger charge is -2.14. The van der Waals surface area contributed by atoms with Crippen LogP contribution < -0.4 is 5.32 Å². The molecule has 5 heteroatoms. The summed E-state index contributed by atoms with van der Waals surface area (Å²) >= 11 is 0. The van der Waals surface area contributed by atoms with Crippen molar-refractivity contribution in [1.29, 1.82) is 0 Å². The first-order valence-electron chi connectivity index (χ1n) is 7.31. The Balaban J connectivity index is 1.85. The molecule has 0 saturated heterocycles. The first-order valence-corrected chi connectivity index (χ1v) is 7.31. The van der Waals surface area contributed by atoms with Crippen LogP contribution in [0.2, 0.25) is 0 Å². The van der Waals surface area contributed by atoms with Crippen LogP contribution in [0.4, 0.5) is 5.69 Å². The maximum atomic E-state index is 11.6. The van der Waals surface area contributed by atoms with Gasteiger partial charge in [-0.15, -0.1) is 0 Å². The zero-order chi connectivity index (χ0) is 15.8. The molecule has 0 aliphatic heterocycles. The van der Waals surface area contributed by atoms with Gasteiger partial charge in [-0.2, -0.15) is 0 Å². The van der Waals surface area contributed by atoms with Crippen molar-refractivity contribution in [1.82, 2.24) is 0 Å². The Morgan fingerprint density at radius 3 is 2.86 bits per heavy atom. The smallest absolute Gasteiger partial charge is 0.328 e. The first-order chi connectivity index (χ1) is 10.7. The molecule has 2 rings (SSSR count). The summed E-state index contributed by atoms with van der Waals surface area (Å²) in [6.07, 6.45) is 1.63. The lowest BCUT2D eigenvalue weighted by atomic mass is 10.2. The van der Waals surface area contributed by atoms with Gasteiger partial charge in [-0.25, -0.2) is 4.79 Å². The van der Waals surface area contributed by atoms with E-state index in [0.717, 1.165) is 17.0 Å². The molecule has 1 N–H and O–H groups in total. The second-order valence-electron chi connectivity index (χ2n) is 4.89. The lowest BCUT2D eigenvalue weighted by molar-refractivity contribution is -0.143. The fourth-order valence-corrected chi connectivity index (χ4v) is 1.99. The van der Waals surface area contributed by atoms with Crippen LogP contribution in [0.1, 0.15) is 25.2 Å². The van der Waals surface area contributed by atoms with Crippen molar-refractivity contribution in [2.75, 3.05) is 11.9 Å². The molecule has 118 valence electrons. The highest BCUT2D eigenvalue weighted by molar-refractivity contribution is 5.78. The fraction of sp³-hybridized carbons (Fsp3) is 0.353. The van der Waals surface area contributed by atoms with E-state index in [1.807, 2.05) is 36.4 Å². The molecule has 0 aliphatic carbocycles. The molecule has 0 fully saturated rings. The van der Waals surface area contributed by atoms with Crippen molar-refractivity contribution in [2.45, 2.75) is 33.1 Å². The lowest BCUT2D eigenvalue weighted by Crippen LogP contribution is -2.28. The van der Waals surface area contributed by atoms with Crippen molar-refractivity contribution >= 4 is 11.7 Å². The van der Waals surface area contributed by atoms with Gasteiger partial charge in [0.2, 0.25) is 0 Å². The molecule has 1 heterocycles. The van der Waals surface area contributed by atoms with E-state index in [0.29, 0.717) is 19.8 Å². The molecule has 2 aromatic rings. The highest BCUT2D eigenvalue weighted by atomic mass is 16.5. The molecule has 22 heavy (non-hydrogen) atoms.